The molecule has 1 radical (unpaired) electrons. The van der Waals surface area contributed by atoms with Crippen LogP contribution in [0.2, 0.25) is 0 Å². The van der Waals surface area contributed by atoms with Crippen molar-refractivity contribution in [2.45, 2.75) is 0 Å². The van der Waals surface area contributed by atoms with Gasteiger partial charge in [0.25, 0.3) is 5.88 Å². The number of pyridine rings is 1. The summed E-state index contributed by atoms with van der Waals surface area (Å²) < 4.78 is 9.50. The van der Waals surface area contributed by atoms with Gasteiger partial charge in [0.05, 0.1) is 7.11 Å². The third kappa shape index (κ3) is 1.85. The largest absolute Gasteiger partial charge is 0.569 e. The molecule has 1 rings (SSSR count). The molecule has 0 unspecified atom stereocenters. The number of rotatable bonds is 3. The van der Waals surface area contributed by atoms with Gasteiger partial charge in [-0.3, -0.25) is 0 Å². The number of nitrogens with zero attached hydrogens (tertiary/aromatic N) is 1. The maximum atomic E-state index is 8.31. The van der Waals surface area contributed by atoms with Gasteiger partial charge in [-0.15, -0.1) is 0 Å². The summed E-state index contributed by atoms with van der Waals surface area (Å²) in [5, 5.41) is 8.31. The van der Waals surface area contributed by atoms with Crippen molar-refractivity contribution in [1.82, 2.24) is 4.98 Å². The summed E-state index contributed by atoms with van der Waals surface area (Å²) in [5.41, 5.74) is 0. The second kappa shape index (κ2) is 3.83. The summed E-state index contributed by atoms with van der Waals surface area (Å²) in [4.78, 5) is 3.84. The van der Waals surface area contributed by atoms with E-state index in [0.717, 1.165) is 0 Å². The maximum absolute atomic E-state index is 8.31. The molecule has 0 fully saturated rings. The van der Waals surface area contributed by atoms with Crippen molar-refractivity contribution in [3.63, 3.8) is 0 Å². The summed E-state index contributed by atoms with van der Waals surface area (Å²) >= 11 is 0. The van der Waals surface area contributed by atoms with Gasteiger partial charge in [-0.2, -0.15) is 0 Å². The number of hydrogen-bond acceptors (Lipinski definition) is 4. The molecule has 57 valence electrons. The lowest BCUT2D eigenvalue weighted by Gasteiger charge is -2.04. The zero-order valence-electron chi connectivity index (χ0n) is 6.02. The van der Waals surface area contributed by atoms with Crippen LogP contribution in [0.5, 0.6) is 11.6 Å². The van der Waals surface area contributed by atoms with Gasteiger partial charge in [0.1, 0.15) is 0 Å². The highest BCUT2D eigenvalue weighted by atomic mass is 16.5. The molecule has 1 N–H and O–H groups in total. The highest BCUT2D eigenvalue weighted by Crippen LogP contribution is 2.21. The molecule has 0 bridgehead atoms. The minimum atomic E-state index is 0.345. The second-order valence-electron chi connectivity index (χ2n) is 1.73. The highest BCUT2D eigenvalue weighted by Gasteiger charge is 2.02. The Morgan fingerprint density at radius 3 is 3.09 bits per heavy atom. The molecule has 0 saturated heterocycles. The van der Waals surface area contributed by atoms with Crippen molar-refractivity contribution in [3.8, 4) is 11.6 Å². The summed E-state index contributed by atoms with van der Waals surface area (Å²) in [7, 11) is 2.06. The van der Waals surface area contributed by atoms with Crippen molar-refractivity contribution in [2.75, 3.05) is 7.11 Å². The predicted octanol–water partition coefficient (Wildman–Crippen LogP) is -0.00450. The van der Waals surface area contributed by atoms with Crippen LogP contribution in [0.15, 0.2) is 18.3 Å². The number of ether oxygens (including phenoxy) is 1. The standard InChI is InChI=1S/C6H7BNO3/c1-10-6-5(11-7-9)3-2-4-8-6/h2-4,9H,1H3. The fourth-order valence-corrected chi connectivity index (χ4v) is 0.676. The van der Waals surface area contributed by atoms with E-state index >= 15 is 0 Å². The van der Waals surface area contributed by atoms with E-state index in [9.17, 15) is 0 Å². The molecule has 0 amide bonds. The molecule has 0 aliphatic rings. The molecule has 0 atom stereocenters. The molecular weight excluding hydrogens is 145 g/mol. The molecule has 0 saturated carbocycles. The van der Waals surface area contributed by atoms with Gasteiger partial charge in [0, 0.05) is 6.20 Å². The molecule has 4 nitrogen and oxygen atoms in total. The van der Waals surface area contributed by atoms with E-state index in [1.54, 1.807) is 18.3 Å². The summed E-state index contributed by atoms with van der Waals surface area (Å²) in [5.74, 6) is 0.732. The van der Waals surface area contributed by atoms with Crippen LogP contribution in [0, 0.1) is 0 Å². The van der Waals surface area contributed by atoms with Gasteiger partial charge in [0.15, 0.2) is 5.75 Å². The van der Waals surface area contributed by atoms with Gasteiger partial charge < -0.3 is 14.4 Å². The van der Waals surface area contributed by atoms with Crippen LogP contribution in [0.1, 0.15) is 0 Å². The Morgan fingerprint density at radius 2 is 2.45 bits per heavy atom. The van der Waals surface area contributed by atoms with Gasteiger partial charge in [-0.1, -0.05) is 0 Å². The average molecular weight is 152 g/mol. The summed E-state index contributed by atoms with van der Waals surface area (Å²) in [6.45, 7) is 0. The molecule has 1 heterocycles. The van der Waals surface area contributed by atoms with Crippen molar-refractivity contribution in [2.24, 2.45) is 0 Å². The van der Waals surface area contributed by atoms with Crippen molar-refractivity contribution in [1.29, 1.82) is 0 Å². The van der Waals surface area contributed by atoms with E-state index < -0.39 is 0 Å². The molecule has 1 aromatic rings. The lowest BCUT2D eigenvalue weighted by molar-refractivity contribution is 0.367. The predicted molar refractivity (Wildman–Crippen MR) is 39.4 cm³/mol. The zero-order chi connectivity index (χ0) is 8.10. The Morgan fingerprint density at radius 1 is 1.64 bits per heavy atom. The van der Waals surface area contributed by atoms with Crippen LogP contribution in [0.25, 0.3) is 0 Å². The monoisotopic (exact) mass is 152 g/mol. The molecule has 5 heteroatoms. The topological polar surface area (TPSA) is 51.6 Å². The van der Waals surface area contributed by atoms with E-state index in [1.165, 1.54) is 7.11 Å². The van der Waals surface area contributed by atoms with E-state index in [0.29, 0.717) is 19.3 Å². The Hall–Kier alpha value is -1.23. The van der Waals surface area contributed by atoms with Crippen LogP contribution < -0.4 is 9.39 Å². The summed E-state index contributed by atoms with van der Waals surface area (Å²) in [6.07, 6.45) is 1.57. The number of hydrogen-bond donors (Lipinski definition) is 1. The Kier molecular flexibility index (Phi) is 2.74. The first-order valence-electron chi connectivity index (χ1n) is 3.00. The molecule has 0 aliphatic carbocycles. The highest BCUT2D eigenvalue weighted by molar-refractivity contribution is 6.17. The first-order chi connectivity index (χ1) is 5.38. The van der Waals surface area contributed by atoms with Crippen LogP contribution in [0.3, 0.4) is 0 Å². The molecule has 0 aromatic carbocycles. The minimum Gasteiger partial charge on any atom is -0.534 e. The SMILES string of the molecule is COc1ncccc1O[B]O. The Balaban J connectivity index is 2.83. The van der Waals surface area contributed by atoms with Gasteiger partial charge in [-0.05, 0) is 12.1 Å². The van der Waals surface area contributed by atoms with Crippen LogP contribution in [-0.4, -0.2) is 24.8 Å². The summed E-state index contributed by atoms with van der Waals surface area (Å²) in [6, 6.07) is 3.32. The number of methoxy groups -OCH3 is 1. The first-order valence-corrected chi connectivity index (χ1v) is 3.00. The van der Waals surface area contributed by atoms with Gasteiger partial charge in [0.2, 0.25) is 0 Å². The molecule has 1 aromatic heterocycles. The molecular formula is C6H7BNO3. The van der Waals surface area contributed by atoms with Crippen molar-refractivity contribution >= 4 is 7.69 Å². The van der Waals surface area contributed by atoms with E-state index in [2.05, 4.69) is 9.64 Å². The molecule has 0 aliphatic heterocycles. The van der Waals surface area contributed by atoms with Crippen LogP contribution in [-0.2, 0) is 0 Å². The van der Waals surface area contributed by atoms with Crippen molar-refractivity contribution in [3.05, 3.63) is 18.3 Å². The zero-order valence-corrected chi connectivity index (χ0v) is 6.02. The van der Waals surface area contributed by atoms with E-state index in [1.807, 2.05) is 0 Å². The second-order valence-corrected chi connectivity index (χ2v) is 1.73. The quantitative estimate of drug-likeness (QED) is 0.619. The maximum Gasteiger partial charge on any atom is 0.569 e. The number of aromatic nitrogens is 1. The van der Waals surface area contributed by atoms with E-state index in [-0.39, 0.29) is 0 Å². The normalized spacial score (nSPS) is 8.91. The minimum absolute atomic E-state index is 0.345. The Labute approximate surface area is 65.1 Å². The Bertz CT molecular complexity index is 231. The first kappa shape index (κ1) is 7.88. The lowest BCUT2D eigenvalue weighted by atomic mass is 10.3. The van der Waals surface area contributed by atoms with Crippen LogP contribution >= 0.6 is 0 Å². The van der Waals surface area contributed by atoms with Gasteiger partial charge in [-0.25, -0.2) is 4.98 Å². The smallest absolute Gasteiger partial charge is 0.534 e. The third-order valence-corrected chi connectivity index (χ3v) is 1.11. The lowest BCUT2D eigenvalue weighted by Crippen LogP contribution is -2.02. The third-order valence-electron chi connectivity index (χ3n) is 1.11. The van der Waals surface area contributed by atoms with E-state index in [4.69, 9.17) is 9.76 Å². The fourth-order valence-electron chi connectivity index (χ4n) is 0.676. The molecule has 0 spiro atoms. The van der Waals surface area contributed by atoms with Crippen LogP contribution in [0.4, 0.5) is 0 Å². The average Bonchev–Trinajstić information content (AvgIpc) is 2.06. The molecule has 11 heavy (non-hydrogen) atoms. The fraction of sp³-hybridized carbons (Fsp3) is 0.167. The van der Waals surface area contributed by atoms with Crippen molar-refractivity contribution < 1.29 is 14.4 Å². The van der Waals surface area contributed by atoms with Gasteiger partial charge >= 0.3 is 7.69 Å².